The number of nitrogens with one attached hydrogen (secondary N) is 1. The highest BCUT2D eigenvalue weighted by Crippen LogP contribution is 2.15. The van der Waals surface area contributed by atoms with Crippen LogP contribution in [0.3, 0.4) is 0 Å². The summed E-state index contributed by atoms with van der Waals surface area (Å²) in [5.41, 5.74) is 7.13. The third-order valence-corrected chi connectivity index (χ3v) is 3.27. The highest BCUT2D eigenvalue weighted by Gasteiger charge is 2.11. The molecule has 0 saturated carbocycles. The van der Waals surface area contributed by atoms with Crippen LogP contribution in [0.2, 0.25) is 0 Å². The molecule has 2 aromatic rings. The fourth-order valence-electron chi connectivity index (χ4n) is 2.03. The average Bonchev–Trinajstić information content (AvgIpc) is 2.83. The maximum Gasteiger partial charge on any atom is 0.251 e. The van der Waals surface area contributed by atoms with Gasteiger partial charge in [-0.3, -0.25) is 4.79 Å². The second-order valence-electron chi connectivity index (χ2n) is 5.32. The molecular formula is C15H21N5O. The van der Waals surface area contributed by atoms with Gasteiger partial charge in [0.2, 0.25) is 0 Å². The molecule has 2 heterocycles. The third kappa shape index (κ3) is 3.81. The van der Waals surface area contributed by atoms with Crippen molar-refractivity contribution in [2.24, 2.45) is 7.05 Å². The molecule has 3 N–H and O–H groups in total. The Morgan fingerprint density at radius 3 is 2.81 bits per heavy atom. The topological polar surface area (TPSA) is 85.8 Å². The van der Waals surface area contributed by atoms with Crippen LogP contribution < -0.4 is 11.1 Å². The minimum Gasteiger partial charge on any atom is -0.384 e. The average molecular weight is 287 g/mol. The number of pyridine rings is 1. The first-order chi connectivity index (χ1) is 9.97. The van der Waals surface area contributed by atoms with Crippen molar-refractivity contribution in [3.8, 4) is 0 Å². The number of amides is 1. The molecule has 0 aliphatic rings. The number of rotatable bonds is 5. The molecule has 1 amide bonds. The fraction of sp³-hybridized carbons (Fsp3) is 0.400. The predicted molar refractivity (Wildman–Crippen MR) is 82.0 cm³/mol. The minimum absolute atomic E-state index is 0.139. The standard InChI is InChI=1S/C15H21N5O/c1-10(2)12-8-11(9-13(16)19-12)15(21)18-5-4-14-17-6-7-20(14)3/h6-10H,4-5H2,1-3H3,(H2,16,19)(H,18,21). The summed E-state index contributed by atoms with van der Waals surface area (Å²) in [4.78, 5) is 20.6. The number of nitrogens with zero attached hydrogens (tertiary/aromatic N) is 3. The maximum atomic E-state index is 12.2. The number of carbonyl (C=O) groups is 1. The van der Waals surface area contributed by atoms with Crippen LogP contribution in [0.1, 0.15) is 41.6 Å². The number of aromatic nitrogens is 3. The van der Waals surface area contributed by atoms with Gasteiger partial charge in [0.25, 0.3) is 5.91 Å². The Kier molecular flexibility index (Phi) is 4.57. The van der Waals surface area contributed by atoms with Crippen LogP contribution in [0.4, 0.5) is 5.82 Å². The van der Waals surface area contributed by atoms with Crippen LogP contribution in [0.5, 0.6) is 0 Å². The molecule has 112 valence electrons. The first kappa shape index (κ1) is 15.0. The first-order valence-corrected chi connectivity index (χ1v) is 6.99. The third-order valence-electron chi connectivity index (χ3n) is 3.27. The van der Waals surface area contributed by atoms with Gasteiger partial charge in [-0.05, 0) is 18.1 Å². The molecule has 0 fully saturated rings. The van der Waals surface area contributed by atoms with Gasteiger partial charge in [0.1, 0.15) is 11.6 Å². The van der Waals surface area contributed by atoms with Gasteiger partial charge in [0.15, 0.2) is 0 Å². The number of nitrogens with two attached hydrogens (primary N) is 1. The highest BCUT2D eigenvalue weighted by molar-refractivity contribution is 5.94. The van der Waals surface area contributed by atoms with Gasteiger partial charge in [-0.1, -0.05) is 13.8 Å². The molecule has 0 spiro atoms. The second kappa shape index (κ2) is 6.39. The zero-order valence-corrected chi connectivity index (χ0v) is 12.6. The van der Waals surface area contributed by atoms with Gasteiger partial charge < -0.3 is 15.6 Å². The van der Waals surface area contributed by atoms with E-state index in [4.69, 9.17) is 5.73 Å². The van der Waals surface area contributed by atoms with Crippen molar-refractivity contribution in [1.82, 2.24) is 19.9 Å². The van der Waals surface area contributed by atoms with Crippen molar-refractivity contribution in [3.63, 3.8) is 0 Å². The molecule has 0 saturated heterocycles. The number of aryl methyl sites for hydroxylation is 1. The Hall–Kier alpha value is -2.37. The van der Waals surface area contributed by atoms with Crippen molar-refractivity contribution in [3.05, 3.63) is 41.6 Å². The Morgan fingerprint density at radius 2 is 2.19 bits per heavy atom. The van der Waals surface area contributed by atoms with E-state index in [1.807, 2.05) is 31.7 Å². The molecule has 21 heavy (non-hydrogen) atoms. The number of imidazole rings is 1. The monoisotopic (exact) mass is 287 g/mol. The largest absolute Gasteiger partial charge is 0.384 e. The number of nitrogen functional groups attached to an aromatic ring is 1. The molecule has 0 aliphatic heterocycles. The van der Waals surface area contributed by atoms with Crippen molar-refractivity contribution in [2.75, 3.05) is 12.3 Å². The zero-order valence-electron chi connectivity index (χ0n) is 12.6. The minimum atomic E-state index is -0.139. The Labute approximate surface area is 124 Å². The van der Waals surface area contributed by atoms with E-state index in [2.05, 4.69) is 15.3 Å². The van der Waals surface area contributed by atoms with Crippen molar-refractivity contribution in [2.45, 2.75) is 26.2 Å². The Bertz CT molecular complexity index is 633. The van der Waals surface area contributed by atoms with Crippen LogP contribution >= 0.6 is 0 Å². The molecule has 2 aromatic heterocycles. The summed E-state index contributed by atoms with van der Waals surface area (Å²) in [5, 5.41) is 2.88. The lowest BCUT2D eigenvalue weighted by Gasteiger charge is -2.10. The van der Waals surface area contributed by atoms with Gasteiger partial charge in [-0.2, -0.15) is 0 Å². The van der Waals surface area contributed by atoms with Crippen LogP contribution in [-0.4, -0.2) is 27.0 Å². The van der Waals surface area contributed by atoms with Crippen molar-refractivity contribution in [1.29, 1.82) is 0 Å². The van der Waals surface area contributed by atoms with E-state index in [0.29, 0.717) is 24.3 Å². The predicted octanol–water partition coefficient (Wildman–Crippen LogP) is 1.49. The lowest BCUT2D eigenvalue weighted by molar-refractivity contribution is 0.0953. The molecule has 0 bridgehead atoms. The molecule has 0 unspecified atom stereocenters. The number of anilines is 1. The summed E-state index contributed by atoms with van der Waals surface area (Å²) in [6.07, 6.45) is 4.32. The summed E-state index contributed by atoms with van der Waals surface area (Å²) < 4.78 is 1.94. The van der Waals surface area contributed by atoms with Gasteiger partial charge in [0.05, 0.1) is 0 Å². The summed E-state index contributed by atoms with van der Waals surface area (Å²) in [7, 11) is 1.93. The SMILES string of the molecule is CC(C)c1cc(C(=O)NCCc2nccn2C)cc(N)n1. The number of hydrogen-bond acceptors (Lipinski definition) is 4. The smallest absolute Gasteiger partial charge is 0.251 e. The molecule has 6 heteroatoms. The van der Waals surface area contributed by atoms with Gasteiger partial charge in [0, 0.05) is 43.7 Å². The van der Waals surface area contributed by atoms with Crippen LogP contribution in [0.15, 0.2) is 24.5 Å². The zero-order chi connectivity index (χ0) is 15.4. The highest BCUT2D eigenvalue weighted by atomic mass is 16.1. The normalized spacial score (nSPS) is 10.9. The molecule has 0 aliphatic carbocycles. The van der Waals surface area contributed by atoms with E-state index >= 15 is 0 Å². The quantitative estimate of drug-likeness (QED) is 0.872. The molecule has 0 radical (unpaired) electrons. The van der Waals surface area contributed by atoms with Gasteiger partial charge in [-0.15, -0.1) is 0 Å². The summed E-state index contributed by atoms with van der Waals surface area (Å²) in [6.45, 7) is 4.57. The number of hydrogen-bond donors (Lipinski definition) is 2. The number of carbonyl (C=O) groups excluding carboxylic acids is 1. The van der Waals surface area contributed by atoms with Crippen molar-refractivity contribution < 1.29 is 4.79 Å². The van der Waals surface area contributed by atoms with E-state index in [9.17, 15) is 4.79 Å². The van der Waals surface area contributed by atoms with E-state index < -0.39 is 0 Å². The first-order valence-electron chi connectivity index (χ1n) is 6.99. The summed E-state index contributed by atoms with van der Waals surface area (Å²) in [6, 6.07) is 3.39. The maximum absolute atomic E-state index is 12.2. The molecule has 0 atom stereocenters. The van der Waals surface area contributed by atoms with E-state index in [1.54, 1.807) is 18.3 Å². The summed E-state index contributed by atoms with van der Waals surface area (Å²) in [5.74, 6) is 1.40. The lowest BCUT2D eigenvalue weighted by atomic mass is 10.1. The fourth-order valence-corrected chi connectivity index (χ4v) is 2.03. The van der Waals surface area contributed by atoms with E-state index in [0.717, 1.165) is 11.5 Å². The van der Waals surface area contributed by atoms with Gasteiger partial charge in [-0.25, -0.2) is 9.97 Å². The Morgan fingerprint density at radius 1 is 1.43 bits per heavy atom. The van der Waals surface area contributed by atoms with Gasteiger partial charge >= 0.3 is 0 Å². The van der Waals surface area contributed by atoms with Crippen molar-refractivity contribution >= 4 is 11.7 Å². The van der Waals surface area contributed by atoms with E-state index in [1.165, 1.54) is 0 Å². The summed E-state index contributed by atoms with van der Waals surface area (Å²) >= 11 is 0. The van der Waals surface area contributed by atoms with Crippen LogP contribution in [0.25, 0.3) is 0 Å². The second-order valence-corrected chi connectivity index (χ2v) is 5.32. The molecule has 0 aromatic carbocycles. The molecule has 6 nitrogen and oxygen atoms in total. The van der Waals surface area contributed by atoms with E-state index in [-0.39, 0.29) is 11.8 Å². The molecular weight excluding hydrogens is 266 g/mol. The van der Waals surface area contributed by atoms with Crippen LogP contribution in [0, 0.1) is 0 Å². The Balaban J connectivity index is 1.98. The molecule has 2 rings (SSSR count). The van der Waals surface area contributed by atoms with Crippen LogP contribution in [-0.2, 0) is 13.5 Å². The lowest BCUT2D eigenvalue weighted by Crippen LogP contribution is -2.26.